The number of piperidine rings is 1. The molecular weight excluding hydrogens is 520 g/mol. The van der Waals surface area contributed by atoms with Crippen LogP contribution in [0.3, 0.4) is 0 Å². The molecule has 1 aromatic heterocycles. The third kappa shape index (κ3) is 5.78. The average molecular weight is 547 g/mol. The van der Waals surface area contributed by atoms with E-state index in [0.29, 0.717) is 29.2 Å². The number of nitro groups is 1. The van der Waals surface area contributed by atoms with Gasteiger partial charge in [0.05, 0.1) is 26.6 Å². The summed E-state index contributed by atoms with van der Waals surface area (Å²) in [6.07, 6.45) is 1.61. The Labute approximate surface area is 217 Å². The van der Waals surface area contributed by atoms with E-state index in [2.05, 4.69) is 11.9 Å². The molecule has 2 aromatic carbocycles. The van der Waals surface area contributed by atoms with Crippen LogP contribution in [-0.4, -0.2) is 53.8 Å². The maximum Gasteiger partial charge on any atom is 0.326 e. The van der Waals surface area contributed by atoms with E-state index in [9.17, 15) is 28.1 Å². The largest absolute Gasteiger partial charge is 0.465 e. The van der Waals surface area contributed by atoms with Crippen molar-refractivity contribution in [2.75, 3.05) is 19.7 Å². The Balaban J connectivity index is 1.66. The Bertz CT molecular complexity index is 1520. The molecule has 0 atom stereocenters. The van der Waals surface area contributed by atoms with Crippen molar-refractivity contribution >= 4 is 49.1 Å². The van der Waals surface area contributed by atoms with Crippen molar-refractivity contribution in [3.8, 4) is 0 Å². The fourth-order valence-corrected chi connectivity index (χ4v) is 6.58. The first-order valence-corrected chi connectivity index (χ1v) is 14.0. The minimum Gasteiger partial charge on any atom is -0.465 e. The summed E-state index contributed by atoms with van der Waals surface area (Å²) in [5.41, 5.74) is 0.528. The van der Waals surface area contributed by atoms with Gasteiger partial charge in [-0.2, -0.15) is 9.30 Å². The van der Waals surface area contributed by atoms with Crippen LogP contribution in [0, 0.1) is 16.0 Å². The minimum absolute atomic E-state index is 0.102. The quantitative estimate of drug-likeness (QED) is 0.251. The Hall–Kier alpha value is -3.42. The van der Waals surface area contributed by atoms with Gasteiger partial charge in [0.1, 0.15) is 6.54 Å². The zero-order chi connectivity index (χ0) is 26.7. The number of rotatable bonds is 7. The van der Waals surface area contributed by atoms with Gasteiger partial charge >= 0.3 is 5.97 Å². The molecule has 1 fully saturated rings. The molecule has 37 heavy (non-hydrogen) atoms. The second-order valence-corrected chi connectivity index (χ2v) is 11.7. The molecule has 13 heteroatoms. The second-order valence-electron chi connectivity index (χ2n) is 8.71. The molecule has 1 aliphatic rings. The summed E-state index contributed by atoms with van der Waals surface area (Å²) >= 11 is 1.03. The molecule has 1 saturated heterocycles. The number of hydrogen-bond acceptors (Lipinski definition) is 8. The number of non-ortho nitro benzene ring substituents is 1. The Kier molecular flexibility index (Phi) is 7.85. The zero-order valence-electron chi connectivity index (χ0n) is 20.3. The van der Waals surface area contributed by atoms with Gasteiger partial charge in [-0.1, -0.05) is 18.3 Å². The van der Waals surface area contributed by atoms with Gasteiger partial charge in [0.2, 0.25) is 10.0 Å². The van der Waals surface area contributed by atoms with Crippen LogP contribution in [0.2, 0.25) is 0 Å². The topological polar surface area (TPSA) is 141 Å². The number of sulfonamides is 1. The van der Waals surface area contributed by atoms with E-state index in [0.717, 1.165) is 24.2 Å². The maximum absolute atomic E-state index is 13.0. The first-order valence-electron chi connectivity index (χ1n) is 11.7. The summed E-state index contributed by atoms with van der Waals surface area (Å²) in [5, 5.41) is 11.2. The monoisotopic (exact) mass is 546 g/mol. The van der Waals surface area contributed by atoms with Gasteiger partial charge in [-0.15, -0.1) is 0 Å². The van der Waals surface area contributed by atoms with Crippen molar-refractivity contribution in [2.45, 2.75) is 38.1 Å². The minimum atomic E-state index is -3.66. The summed E-state index contributed by atoms with van der Waals surface area (Å²) in [6, 6.07) is 9.73. The number of fused-ring (bicyclic) bond motifs is 1. The predicted octanol–water partition coefficient (Wildman–Crippen LogP) is 3.34. The van der Waals surface area contributed by atoms with E-state index < -0.39 is 26.8 Å². The van der Waals surface area contributed by atoms with Crippen LogP contribution in [0.15, 0.2) is 52.4 Å². The first-order chi connectivity index (χ1) is 17.6. The van der Waals surface area contributed by atoms with Crippen LogP contribution in [0.25, 0.3) is 10.2 Å². The van der Waals surface area contributed by atoms with Crippen LogP contribution in [-0.2, 0) is 26.1 Å². The highest BCUT2D eigenvalue weighted by atomic mass is 32.2. The van der Waals surface area contributed by atoms with Crippen molar-refractivity contribution in [1.29, 1.82) is 0 Å². The Morgan fingerprint density at radius 1 is 1.16 bits per heavy atom. The van der Waals surface area contributed by atoms with Gasteiger partial charge in [0.15, 0.2) is 4.80 Å². The third-order valence-electron chi connectivity index (χ3n) is 6.15. The molecule has 4 rings (SSSR count). The number of esters is 1. The van der Waals surface area contributed by atoms with Gasteiger partial charge in [0, 0.05) is 30.8 Å². The fourth-order valence-electron chi connectivity index (χ4n) is 4.04. The number of carbonyl (C=O) groups is 2. The van der Waals surface area contributed by atoms with Crippen molar-refractivity contribution < 1.29 is 27.7 Å². The molecule has 0 saturated carbocycles. The lowest BCUT2D eigenvalue weighted by molar-refractivity contribution is -0.384. The molecule has 3 aromatic rings. The molecule has 0 unspecified atom stereocenters. The van der Waals surface area contributed by atoms with E-state index in [1.54, 1.807) is 6.92 Å². The molecule has 1 aliphatic heterocycles. The van der Waals surface area contributed by atoms with Gasteiger partial charge in [-0.05, 0) is 56.0 Å². The molecule has 0 spiro atoms. The number of thiazole rings is 1. The van der Waals surface area contributed by atoms with Crippen molar-refractivity contribution in [2.24, 2.45) is 10.9 Å². The van der Waals surface area contributed by atoms with Crippen LogP contribution >= 0.6 is 11.3 Å². The third-order valence-corrected chi connectivity index (χ3v) is 9.10. The molecule has 11 nitrogen and oxygen atoms in total. The molecule has 0 radical (unpaired) electrons. The Morgan fingerprint density at radius 3 is 2.46 bits per heavy atom. The molecule has 0 bridgehead atoms. The van der Waals surface area contributed by atoms with E-state index in [4.69, 9.17) is 4.74 Å². The summed E-state index contributed by atoms with van der Waals surface area (Å²) in [5.74, 6) is -0.704. The van der Waals surface area contributed by atoms with Crippen LogP contribution in [0.5, 0.6) is 0 Å². The van der Waals surface area contributed by atoms with Crippen molar-refractivity contribution in [3.63, 3.8) is 0 Å². The van der Waals surface area contributed by atoms with E-state index in [-0.39, 0.29) is 34.1 Å². The number of aromatic nitrogens is 1. The maximum atomic E-state index is 13.0. The number of ether oxygens (including phenoxy) is 1. The van der Waals surface area contributed by atoms with Gasteiger partial charge < -0.3 is 9.30 Å². The standard InChI is InChI=1S/C24H26N4O7S2/c1-3-35-22(29)15-27-20-9-6-18(28(31)32)14-21(20)36-24(27)25-23(30)17-4-7-19(8-5-17)37(33,34)26-12-10-16(2)11-13-26/h4-9,14,16H,3,10-13,15H2,1-2H3. The highest BCUT2D eigenvalue weighted by Crippen LogP contribution is 2.25. The molecule has 196 valence electrons. The number of amides is 1. The lowest BCUT2D eigenvalue weighted by Gasteiger charge is -2.29. The average Bonchev–Trinajstić information content (AvgIpc) is 3.20. The van der Waals surface area contributed by atoms with Crippen molar-refractivity contribution in [1.82, 2.24) is 8.87 Å². The van der Waals surface area contributed by atoms with Gasteiger partial charge in [-0.3, -0.25) is 19.7 Å². The fraction of sp³-hybridized carbons (Fsp3) is 0.375. The number of hydrogen-bond donors (Lipinski definition) is 0. The summed E-state index contributed by atoms with van der Waals surface area (Å²) < 4.78 is 34.4. The summed E-state index contributed by atoms with van der Waals surface area (Å²) in [6.45, 7) is 4.63. The lowest BCUT2D eigenvalue weighted by atomic mass is 10.0. The van der Waals surface area contributed by atoms with Crippen LogP contribution in [0.1, 0.15) is 37.0 Å². The second kappa shape index (κ2) is 10.9. The smallest absolute Gasteiger partial charge is 0.326 e. The predicted molar refractivity (Wildman–Crippen MR) is 137 cm³/mol. The number of nitrogens with zero attached hydrogens (tertiary/aromatic N) is 4. The van der Waals surface area contributed by atoms with E-state index >= 15 is 0 Å². The SMILES string of the molecule is CCOC(=O)Cn1c(=NC(=O)c2ccc(S(=O)(=O)N3CCC(C)CC3)cc2)sc2cc([N+](=O)[O-])ccc21. The molecule has 1 amide bonds. The molecule has 0 N–H and O–H groups in total. The van der Waals surface area contributed by atoms with Crippen LogP contribution < -0.4 is 4.80 Å². The van der Waals surface area contributed by atoms with Gasteiger partial charge in [-0.25, -0.2) is 8.42 Å². The Morgan fingerprint density at radius 2 is 1.84 bits per heavy atom. The van der Waals surface area contributed by atoms with E-state index in [1.807, 2.05) is 0 Å². The highest BCUT2D eigenvalue weighted by Gasteiger charge is 2.28. The number of carbonyl (C=O) groups excluding carboxylic acids is 2. The highest BCUT2D eigenvalue weighted by molar-refractivity contribution is 7.89. The van der Waals surface area contributed by atoms with E-state index in [1.165, 1.54) is 51.3 Å². The molecular formula is C24H26N4O7S2. The number of nitro benzene ring substituents is 1. The van der Waals surface area contributed by atoms with Crippen LogP contribution in [0.4, 0.5) is 5.69 Å². The first kappa shape index (κ1) is 26.6. The lowest BCUT2D eigenvalue weighted by Crippen LogP contribution is -2.37. The number of benzene rings is 2. The summed E-state index contributed by atoms with van der Waals surface area (Å²) in [7, 11) is -3.66. The van der Waals surface area contributed by atoms with Gasteiger partial charge in [0.25, 0.3) is 11.6 Å². The molecule has 2 heterocycles. The molecule has 0 aliphatic carbocycles. The normalized spacial score (nSPS) is 15.7. The van der Waals surface area contributed by atoms with Crippen molar-refractivity contribution in [3.05, 3.63) is 62.9 Å². The summed E-state index contributed by atoms with van der Waals surface area (Å²) in [4.78, 5) is 40.2. The zero-order valence-corrected chi connectivity index (χ0v) is 22.0.